The van der Waals surface area contributed by atoms with E-state index in [9.17, 15) is 9.59 Å². The molecule has 5 rings (SSSR count). The summed E-state index contributed by atoms with van der Waals surface area (Å²) >= 11 is 0. The third-order valence-corrected chi connectivity index (χ3v) is 7.11. The highest BCUT2D eigenvalue weighted by Gasteiger charge is 2.48. The van der Waals surface area contributed by atoms with Gasteiger partial charge in [0.25, 0.3) is 5.91 Å². The molecule has 1 aliphatic heterocycles. The molecule has 1 atom stereocenters. The highest BCUT2D eigenvalue weighted by Crippen LogP contribution is 2.34. The normalized spacial score (nSPS) is 21.5. The molecule has 2 amide bonds. The Bertz CT molecular complexity index is 1160. The fourth-order valence-electron chi connectivity index (χ4n) is 5.12. The molecule has 2 aromatic carbocycles. The van der Waals surface area contributed by atoms with Crippen LogP contribution in [0.25, 0.3) is 10.9 Å². The van der Waals surface area contributed by atoms with Crippen LogP contribution in [0.2, 0.25) is 0 Å². The van der Waals surface area contributed by atoms with Gasteiger partial charge in [-0.1, -0.05) is 55.3 Å². The van der Waals surface area contributed by atoms with Crippen molar-refractivity contribution in [3.05, 3.63) is 71.4 Å². The molecule has 1 fully saturated rings. The fraction of sp³-hybridized carbons (Fsp3) is 0.385. The van der Waals surface area contributed by atoms with Gasteiger partial charge in [-0.05, 0) is 49.9 Å². The van der Waals surface area contributed by atoms with Crippen LogP contribution in [-0.4, -0.2) is 32.9 Å². The lowest BCUT2D eigenvalue weighted by molar-refractivity contribution is -0.133. The van der Waals surface area contributed by atoms with E-state index in [2.05, 4.69) is 18.3 Å². The van der Waals surface area contributed by atoms with Crippen LogP contribution < -0.4 is 5.32 Å². The highest BCUT2D eigenvalue weighted by atomic mass is 16.2. The zero-order chi connectivity index (χ0) is 21.6. The minimum Gasteiger partial charge on any atom is -0.351 e. The average Bonchev–Trinajstić information content (AvgIpc) is 3.40. The third-order valence-electron chi connectivity index (χ3n) is 7.11. The van der Waals surface area contributed by atoms with E-state index in [1.807, 2.05) is 60.0 Å². The first-order chi connectivity index (χ1) is 15.0. The van der Waals surface area contributed by atoms with Gasteiger partial charge in [-0.2, -0.15) is 0 Å². The maximum Gasteiger partial charge on any atom is 0.271 e. The number of nitrogens with one attached hydrogen (secondary N) is 1. The van der Waals surface area contributed by atoms with E-state index in [1.54, 1.807) is 4.90 Å². The third kappa shape index (κ3) is 3.32. The molecule has 1 aromatic heterocycles. The van der Waals surface area contributed by atoms with E-state index >= 15 is 0 Å². The lowest BCUT2D eigenvalue weighted by Gasteiger charge is -2.44. The molecule has 5 heteroatoms. The zero-order valence-corrected chi connectivity index (χ0v) is 18.2. The monoisotopic (exact) mass is 415 g/mol. The second kappa shape index (κ2) is 7.56. The molecule has 0 saturated heterocycles. The summed E-state index contributed by atoms with van der Waals surface area (Å²) in [6.45, 7) is 4.84. The minimum absolute atomic E-state index is 0.0511. The number of carbonyl (C=O) groups excluding carboxylic acids is 2. The molecule has 160 valence electrons. The molecule has 2 aliphatic rings. The summed E-state index contributed by atoms with van der Waals surface area (Å²) in [6, 6.07) is 18.3. The Balaban J connectivity index is 1.58. The summed E-state index contributed by atoms with van der Waals surface area (Å²) in [4.78, 5) is 29.2. The first kappa shape index (κ1) is 19.9. The highest BCUT2D eigenvalue weighted by molar-refractivity contribution is 6.03. The van der Waals surface area contributed by atoms with Gasteiger partial charge in [-0.25, -0.2) is 0 Å². The van der Waals surface area contributed by atoms with Crippen LogP contribution in [0.5, 0.6) is 0 Å². The quantitative estimate of drug-likeness (QED) is 0.686. The number of aryl methyl sites for hydroxylation is 1. The SMILES string of the molecule is Cc1ccccc1CN1C(=O)c2cc3ccccc3n2C[C@]1(C)C(=O)NC1CCCC1. The second-order valence-corrected chi connectivity index (χ2v) is 9.22. The van der Waals surface area contributed by atoms with Crippen LogP contribution in [0.15, 0.2) is 54.6 Å². The van der Waals surface area contributed by atoms with E-state index in [0.29, 0.717) is 18.8 Å². The van der Waals surface area contributed by atoms with Gasteiger partial charge >= 0.3 is 0 Å². The summed E-state index contributed by atoms with van der Waals surface area (Å²) in [5.41, 5.74) is 2.89. The standard InChI is InChI=1S/C26H29N3O2/c1-18-9-3-4-11-20(18)16-29-24(30)23-15-19-10-5-8-14-22(19)28(23)17-26(29,2)25(31)27-21-12-6-7-13-21/h3-5,8-11,14-15,21H,6-7,12-13,16-17H2,1-2H3,(H,27,31)/t26-/m1/s1. The van der Waals surface area contributed by atoms with Crippen molar-refractivity contribution >= 4 is 22.7 Å². The van der Waals surface area contributed by atoms with Crippen LogP contribution in [-0.2, 0) is 17.9 Å². The zero-order valence-electron chi connectivity index (χ0n) is 18.2. The molecule has 3 aromatic rings. The summed E-state index contributed by atoms with van der Waals surface area (Å²) < 4.78 is 2.03. The van der Waals surface area contributed by atoms with Crippen molar-refractivity contribution in [2.45, 2.75) is 64.2 Å². The number of nitrogens with zero attached hydrogens (tertiary/aromatic N) is 2. The van der Waals surface area contributed by atoms with Crippen molar-refractivity contribution < 1.29 is 9.59 Å². The molecule has 1 saturated carbocycles. The maximum atomic E-state index is 13.8. The van der Waals surface area contributed by atoms with E-state index in [0.717, 1.165) is 47.7 Å². The number of rotatable bonds is 4. The molecule has 31 heavy (non-hydrogen) atoms. The topological polar surface area (TPSA) is 54.3 Å². The van der Waals surface area contributed by atoms with Crippen molar-refractivity contribution in [2.24, 2.45) is 0 Å². The second-order valence-electron chi connectivity index (χ2n) is 9.22. The van der Waals surface area contributed by atoms with Gasteiger partial charge in [-0.3, -0.25) is 9.59 Å². The first-order valence-corrected chi connectivity index (χ1v) is 11.2. The van der Waals surface area contributed by atoms with Crippen molar-refractivity contribution in [2.75, 3.05) is 0 Å². The van der Waals surface area contributed by atoms with Gasteiger partial charge in [-0.15, -0.1) is 0 Å². The van der Waals surface area contributed by atoms with E-state index in [-0.39, 0.29) is 17.9 Å². The Morgan fingerprint density at radius 2 is 1.81 bits per heavy atom. The Hall–Kier alpha value is -3.08. The molecule has 1 aliphatic carbocycles. The average molecular weight is 416 g/mol. The smallest absolute Gasteiger partial charge is 0.271 e. The molecule has 0 unspecified atom stereocenters. The molecule has 0 spiro atoms. The van der Waals surface area contributed by atoms with Crippen molar-refractivity contribution in [1.82, 2.24) is 14.8 Å². The summed E-state index contributed by atoms with van der Waals surface area (Å²) in [6.07, 6.45) is 4.34. The van der Waals surface area contributed by atoms with Gasteiger partial charge < -0.3 is 14.8 Å². The Morgan fingerprint density at radius 3 is 2.58 bits per heavy atom. The Morgan fingerprint density at radius 1 is 1.10 bits per heavy atom. The molecule has 0 bridgehead atoms. The van der Waals surface area contributed by atoms with Crippen molar-refractivity contribution in [3.63, 3.8) is 0 Å². The molecular formula is C26H29N3O2. The molecule has 1 N–H and O–H groups in total. The van der Waals surface area contributed by atoms with Crippen molar-refractivity contribution in [3.8, 4) is 0 Å². The van der Waals surface area contributed by atoms with Crippen molar-refractivity contribution in [1.29, 1.82) is 0 Å². The summed E-state index contributed by atoms with van der Waals surface area (Å²) in [7, 11) is 0. The number of para-hydroxylation sites is 1. The van der Waals surface area contributed by atoms with E-state index in [4.69, 9.17) is 0 Å². The maximum absolute atomic E-state index is 13.8. The first-order valence-electron chi connectivity index (χ1n) is 11.2. The number of amides is 2. The Labute approximate surface area is 183 Å². The van der Waals surface area contributed by atoms with Crippen LogP contribution in [0, 0.1) is 6.92 Å². The van der Waals surface area contributed by atoms with Crippen LogP contribution in [0.1, 0.15) is 54.2 Å². The predicted octanol–water partition coefficient (Wildman–Crippen LogP) is 4.42. The molecule has 0 radical (unpaired) electrons. The van der Waals surface area contributed by atoms with Gasteiger partial charge in [0.15, 0.2) is 0 Å². The van der Waals surface area contributed by atoms with Gasteiger partial charge in [0.1, 0.15) is 11.2 Å². The molecular weight excluding hydrogens is 386 g/mol. The van der Waals surface area contributed by atoms with Gasteiger partial charge in [0.05, 0.1) is 6.54 Å². The van der Waals surface area contributed by atoms with Gasteiger partial charge in [0.2, 0.25) is 5.91 Å². The summed E-state index contributed by atoms with van der Waals surface area (Å²) in [5, 5.41) is 4.29. The number of aromatic nitrogens is 1. The van der Waals surface area contributed by atoms with Crippen LogP contribution in [0.3, 0.4) is 0 Å². The predicted molar refractivity (Wildman–Crippen MR) is 122 cm³/mol. The number of hydrogen-bond acceptors (Lipinski definition) is 2. The lowest BCUT2D eigenvalue weighted by atomic mass is 9.93. The minimum atomic E-state index is -0.962. The summed E-state index contributed by atoms with van der Waals surface area (Å²) in [5.74, 6) is -0.139. The molecule has 2 heterocycles. The number of fused-ring (bicyclic) bond motifs is 3. The van der Waals surface area contributed by atoms with E-state index < -0.39 is 5.54 Å². The van der Waals surface area contributed by atoms with Gasteiger partial charge in [0, 0.05) is 23.5 Å². The van der Waals surface area contributed by atoms with Crippen LogP contribution in [0.4, 0.5) is 0 Å². The number of carbonyl (C=O) groups is 2. The number of hydrogen-bond donors (Lipinski definition) is 1. The Kier molecular flexibility index (Phi) is 4.84. The number of benzene rings is 2. The lowest BCUT2D eigenvalue weighted by Crippen LogP contribution is -2.64. The largest absolute Gasteiger partial charge is 0.351 e. The van der Waals surface area contributed by atoms with Crippen LogP contribution >= 0.6 is 0 Å². The molecule has 5 nitrogen and oxygen atoms in total. The van der Waals surface area contributed by atoms with E-state index in [1.165, 1.54) is 0 Å². The fourth-order valence-corrected chi connectivity index (χ4v) is 5.12.